The van der Waals surface area contributed by atoms with Crippen LogP contribution in [0.15, 0.2) is 0 Å². The second-order valence-electron chi connectivity index (χ2n) is 4.85. The van der Waals surface area contributed by atoms with E-state index in [1.165, 1.54) is 4.68 Å². The van der Waals surface area contributed by atoms with Crippen LogP contribution in [0.25, 0.3) is 0 Å². The first-order valence-corrected chi connectivity index (χ1v) is 8.18. The summed E-state index contributed by atoms with van der Waals surface area (Å²) in [5.41, 5.74) is 0.911. The number of amides is 1. The van der Waals surface area contributed by atoms with Crippen LogP contribution >= 0.6 is 11.6 Å². The third-order valence-corrected chi connectivity index (χ3v) is 5.53. The molecule has 0 unspecified atom stereocenters. The number of halogens is 1. The van der Waals surface area contributed by atoms with Crippen molar-refractivity contribution < 1.29 is 13.2 Å². The van der Waals surface area contributed by atoms with E-state index in [0.29, 0.717) is 24.2 Å². The van der Waals surface area contributed by atoms with E-state index in [0.717, 1.165) is 0 Å². The van der Waals surface area contributed by atoms with Crippen molar-refractivity contribution in [1.29, 1.82) is 0 Å². The Balaban J connectivity index is 1.99. The van der Waals surface area contributed by atoms with Gasteiger partial charge in [0, 0.05) is 13.6 Å². The van der Waals surface area contributed by atoms with Crippen LogP contribution < -0.4 is 5.32 Å². The second-order valence-corrected chi connectivity index (χ2v) is 7.44. The molecule has 2 rings (SSSR count). The monoisotopic (exact) mass is 305 g/mol. The van der Waals surface area contributed by atoms with E-state index < -0.39 is 9.84 Å². The molecule has 1 aliphatic heterocycles. The molecule has 1 atom stereocenters. The summed E-state index contributed by atoms with van der Waals surface area (Å²) in [5, 5.41) is 7.08. The molecule has 1 aliphatic rings. The first-order valence-electron chi connectivity index (χ1n) is 5.98. The molecule has 1 aromatic heterocycles. The van der Waals surface area contributed by atoms with Crippen LogP contribution in [-0.4, -0.2) is 42.2 Å². The Morgan fingerprint density at radius 3 is 2.74 bits per heavy atom. The zero-order valence-corrected chi connectivity index (χ0v) is 12.4. The van der Waals surface area contributed by atoms with Crippen molar-refractivity contribution in [2.45, 2.75) is 13.3 Å². The molecule has 2 heterocycles. The standard InChI is InChI=1S/C11H16ClN3O3S/c1-7-9(10(12)15(2)14-7)11(16)13-5-8-3-4-19(17,18)6-8/h8H,3-6H2,1-2H3,(H,13,16)/t8-/m1/s1. The van der Waals surface area contributed by atoms with Crippen LogP contribution in [0.4, 0.5) is 0 Å². The molecule has 8 heteroatoms. The minimum absolute atomic E-state index is 0.00953. The largest absolute Gasteiger partial charge is 0.352 e. The van der Waals surface area contributed by atoms with Gasteiger partial charge in [-0.15, -0.1) is 0 Å². The van der Waals surface area contributed by atoms with Gasteiger partial charge in [-0.1, -0.05) is 11.6 Å². The molecule has 1 aromatic rings. The molecule has 0 spiro atoms. The Morgan fingerprint density at radius 1 is 1.58 bits per heavy atom. The van der Waals surface area contributed by atoms with E-state index in [1.807, 2.05) is 0 Å². The normalized spacial score (nSPS) is 21.5. The summed E-state index contributed by atoms with van der Waals surface area (Å²) >= 11 is 5.99. The molecule has 0 aromatic carbocycles. The van der Waals surface area contributed by atoms with Crippen LogP contribution in [0, 0.1) is 12.8 Å². The molecule has 1 fully saturated rings. The van der Waals surface area contributed by atoms with E-state index in [4.69, 9.17) is 11.6 Å². The Labute approximate surface area is 117 Å². The van der Waals surface area contributed by atoms with Gasteiger partial charge < -0.3 is 5.32 Å². The molecular formula is C11H16ClN3O3S. The van der Waals surface area contributed by atoms with Gasteiger partial charge in [0.2, 0.25) is 0 Å². The summed E-state index contributed by atoms with van der Waals surface area (Å²) in [6.45, 7) is 2.06. The number of aromatic nitrogens is 2. The van der Waals surface area contributed by atoms with Gasteiger partial charge in [0.15, 0.2) is 9.84 Å². The maximum Gasteiger partial charge on any atom is 0.256 e. The Kier molecular flexibility index (Phi) is 3.87. The fourth-order valence-corrected chi connectivity index (χ4v) is 4.37. The lowest BCUT2D eigenvalue weighted by Gasteiger charge is -2.09. The van der Waals surface area contributed by atoms with Crippen molar-refractivity contribution in [2.24, 2.45) is 13.0 Å². The van der Waals surface area contributed by atoms with E-state index >= 15 is 0 Å². The Bertz CT molecular complexity index is 609. The predicted octanol–water partition coefficient (Wildman–Crippen LogP) is 0.546. The van der Waals surface area contributed by atoms with Crippen molar-refractivity contribution >= 4 is 27.3 Å². The van der Waals surface area contributed by atoms with Crippen LogP contribution in [0.5, 0.6) is 0 Å². The zero-order valence-electron chi connectivity index (χ0n) is 10.8. The number of sulfone groups is 1. The van der Waals surface area contributed by atoms with Gasteiger partial charge in [-0.05, 0) is 19.3 Å². The summed E-state index contributed by atoms with van der Waals surface area (Å²) in [6, 6.07) is 0. The molecule has 19 heavy (non-hydrogen) atoms. The first kappa shape index (κ1) is 14.3. The van der Waals surface area contributed by atoms with Crippen molar-refractivity contribution in [3.05, 3.63) is 16.4 Å². The summed E-state index contributed by atoms with van der Waals surface area (Å²) in [7, 11) is -1.25. The zero-order chi connectivity index (χ0) is 14.2. The number of nitrogens with zero attached hydrogens (tertiary/aromatic N) is 2. The lowest BCUT2D eigenvalue weighted by molar-refractivity contribution is 0.0948. The Hall–Kier alpha value is -1.08. The van der Waals surface area contributed by atoms with Crippen LogP contribution in [-0.2, 0) is 16.9 Å². The molecule has 6 nitrogen and oxygen atoms in total. The highest BCUT2D eigenvalue weighted by atomic mass is 35.5. The maximum atomic E-state index is 12.0. The summed E-state index contributed by atoms with van der Waals surface area (Å²) in [4.78, 5) is 12.0. The Morgan fingerprint density at radius 2 is 2.26 bits per heavy atom. The van der Waals surface area contributed by atoms with Crippen molar-refractivity contribution in [2.75, 3.05) is 18.1 Å². The SMILES string of the molecule is Cc1nn(C)c(Cl)c1C(=O)NC[C@H]1CCS(=O)(=O)C1. The molecule has 1 N–H and O–H groups in total. The van der Waals surface area contributed by atoms with Gasteiger partial charge in [0.1, 0.15) is 5.15 Å². The molecule has 0 radical (unpaired) electrons. The number of carbonyl (C=O) groups is 1. The number of carbonyl (C=O) groups excluding carboxylic acids is 1. The summed E-state index contributed by atoms with van der Waals surface area (Å²) in [6.07, 6.45) is 0.600. The van der Waals surface area contributed by atoms with Gasteiger partial charge in [-0.2, -0.15) is 5.10 Å². The minimum Gasteiger partial charge on any atom is -0.352 e. The van der Waals surface area contributed by atoms with Gasteiger partial charge in [0.25, 0.3) is 5.91 Å². The number of nitrogens with one attached hydrogen (secondary N) is 1. The van der Waals surface area contributed by atoms with Gasteiger partial charge >= 0.3 is 0 Å². The number of hydrogen-bond donors (Lipinski definition) is 1. The average molecular weight is 306 g/mol. The van der Waals surface area contributed by atoms with E-state index in [2.05, 4.69) is 10.4 Å². The topological polar surface area (TPSA) is 81.1 Å². The van der Waals surface area contributed by atoms with Crippen molar-refractivity contribution in [3.63, 3.8) is 0 Å². The highest BCUT2D eigenvalue weighted by Gasteiger charge is 2.28. The minimum atomic E-state index is -2.91. The van der Waals surface area contributed by atoms with Gasteiger partial charge in [-0.3, -0.25) is 9.48 Å². The van der Waals surface area contributed by atoms with Gasteiger partial charge in [-0.25, -0.2) is 8.42 Å². The first-order chi connectivity index (χ1) is 8.80. The molecular weight excluding hydrogens is 290 g/mol. The summed E-state index contributed by atoms with van der Waals surface area (Å²) in [5.74, 6) is 0.0392. The predicted molar refractivity (Wildman–Crippen MR) is 72.0 cm³/mol. The lowest BCUT2D eigenvalue weighted by atomic mass is 10.1. The molecule has 106 valence electrons. The molecule has 1 saturated heterocycles. The summed E-state index contributed by atoms with van der Waals surface area (Å²) < 4.78 is 24.1. The third-order valence-electron chi connectivity index (χ3n) is 3.26. The maximum absolute atomic E-state index is 12.0. The second kappa shape index (κ2) is 5.13. The van der Waals surface area contributed by atoms with Gasteiger partial charge in [0.05, 0.1) is 22.8 Å². The quantitative estimate of drug-likeness (QED) is 0.884. The highest BCUT2D eigenvalue weighted by Crippen LogP contribution is 2.20. The van der Waals surface area contributed by atoms with Crippen molar-refractivity contribution in [3.8, 4) is 0 Å². The molecule has 0 aliphatic carbocycles. The number of hydrogen-bond acceptors (Lipinski definition) is 4. The molecule has 0 bridgehead atoms. The van der Waals surface area contributed by atoms with Crippen LogP contribution in [0.2, 0.25) is 5.15 Å². The van der Waals surface area contributed by atoms with Crippen LogP contribution in [0.3, 0.4) is 0 Å². The molecule has 0 saturated carbocycles. The van der Waals surface area contributed by atoms with Crippen LogP contribution in [0.1, 0.15) is 22.5 Å². The number of rotatable bonds is 3. The fourth-order valence-electron chi connectivity index (χ4n) is 2.25. The van der Waals surface area contributed by atoms with E-state index in [1.54, 1.807) is 14.0 Å². The average Bonchev–Trinajstić information content (AvgIpc) is 2.77. The number of aryl methyl sites for hydroxylation is 2. The lowest BCUT2D eigenvalue weighted by Crippen LogP contribution is -2.30. The van der Waals surface area contributed by atoms with E-state index in [-0.39, 0.29) is 28.5 Å². The van der Waals surface area contributed by atoms with E-state index in [9.17, 15) is 13.2 Å². The third kappa shape index (κ3) is 3.09. The fraction of sp³-hybridized carbons (Fsp3) is 0.636. The molecule has 1 amide bonds. The van der Waals surface area contributed by atoms with Crippen molar-refractivity contribution in [1.82, 2.24) is 15.1 Å². The highest BCUT2D eigenvalue weighted by molar-refractivity contribution is 7.91. The smallest absolute Gasteiger partial charge is 0.256 e.